The second-order valence-corrected chi connectivity index (χ2v) is 6.10. The third kappa shape index (κ3) is 3.69. The summed E-state index contributed by atoms with van der Waals surface area (Å²) in [6.07, 6.45) is 2.60. The Morgan fingerprint density at radius 1 is 1.26 bits per heavy atom. The molecular formula is C16H27N3. The zero-order valence-corrected chi connectivity index (χ0v) is 12.8. The normalized spacial score (nSPS) is 15.5. The van der Waals surface area contributed by atoms with Gasteiger partial charge >= 0.3 is 0 Å². The van der Waals surface area contributed by atoms with Gasteiger partial charge in [0.25, 0.3) is 0 Å². The van der Waals surface area contributed by atoms with Crippen LogP contribution in [0.4, 0.5) is 5.82 Å². The molecule has 0 saturated carbocycles. The number of hydrogen-bond donors (Lipinski definition) is 1. The first-order chi connectivity index (χ1) is 9.08. The van der Waals surface area contributed by atoms with E-state index in [4.69, 9.17) is 4.98 Å². The maximum absolute atomic E-state index is 4.80. The second-order valence-electron chi connectivity index (χ2n) is 6.10. The molecule has 1 fully saturated rings. The van der Waals surface area contributed by atoms with Gasteiger partial charge in [-0.05, 0) is 50.8 Å². The number of hydrogen-bond acceptors (Lipinski definition) is 3. The van der Waals surface area contributed by atoms with Crippen molar-refractivity contribution in [2.24, 2.45) is 5.92 Å². The molecule has 0 bridgehead atoms. The highest BCUT2D eigenvalue weighted by molar-refractivity contribution is 5.52. The first kappa shape index (κ1) is 14.3. The lowest BCUT2D eigenvalue weighted by atomic mass is 10.1. The Bertz CT molecular complexity index is 420. The van der Waals surface area contributed by atoms with Crippen LogP contribution < -0.4 is 10.2 Å². The summed E-state index contributed by atoms with van der Waals surface area (Å²) < 4.78 is 0. The molecular weight excluding hydrogens is 234 g/mol. The molecule has 0 unspecified atom stereocenters. The smallest absolute Gasteiger partial charge is 0.133 e. The van der Waals surface area contributed by atoms with Crippen molar-refractivity contribution < 1.29 is 0 Å². The van der Waals surface area contributed by atoms with Crippen LogP contribution in [0.25, 0.3) is 0 Å². The molecule has 0 atom stereocenters. The summed E-state index contributed by atoms with van der Waals surface area (Å²) in [5, 5.41) is 3.56. The summed E-state index contributed by atoms with van der Waals surface area (Å²) in [4.78, 5) is 7.25. The molecule has 1 aromatic heterocycles. The summed E-state index contributed by atoms with van der Waals surface area (Å²) in [5.74, 6) is 1.90. The lowest BCUT2D eigenvalue weighted by Crippen LogP contribution is -2.25. The second kappa shape index (κ2) is 6.38. The van der Waals surface area contributed by atoms with Crippen molar-refractivity contribution in [2.45, 2.75) is 47.1 Å². The van der Waals surface area contributed by atoms with Crippen LogP contribution in [0.1, 0.15) is 43.5 Å². The number of aryl methyl sites for hydroxylation is 2. The van der Waals surface area contributed by atoms with Gasteiger partial charge in [0, 0.05) is 30.9 Å². The van der Waals surface area contributed by atoms with Gasteiger partial charge in [-0.1, -0.05) is 13.8 Å². The molecule has 0 spiro atoms. The molecule has 1 N–H and O–H groups in total. The quantitative estimate of drug-likeness (QED) is 0.883. The summed E-state index contributed by atoms with van der Waals surface area (Å²) >= 11 is 0. The predicted molar refractivity (Wildman–Crippen MR) is 81.7 cm³/mol. The lowest BCUT2D eigenvalue weighted by Gasteiger charge is -2.22. The van der Waals surface area contributed by atoms with Crippen molar-refractivity contribution in [3.63, 3.8) is 0 Å². The average molecular weight is 261 g/mol. The molecule has 2 heterocycles. The van der Waals surface area contributed by atoms with E-state index in [1.54, 1.807) is 0 Å². The minimum absolute atomic E-state index is 0.689. The van der Waals surface area contributed by atoms with E-state index in [1.165, 1.54) is 29.8 Å². The van der Waals surface area contributed by atoms with Gasteiger partial charge in [0.05, 0.1) is 0 Å². The van der Waals surface area contributed by atoms with E-state index < -0.39 is 0 Å². The molecule has 1 aliphatic heterocycles. The SMILES string of the molecule is Cc1cc(C)c(CNCC(C)C)c(N2CCCC2)n1. The van der Waals surface area contributed by atoms with Crippen molar-refractivity contribution in [3.8, 4) is 0 Å². The van der Waals surface area contributed by atoms with E-state index in [9.17, 15) is 0 Å². The summed E-state index contributed by atoms with van der Waals surface area (Å²) in [5.41, 5.74) is 3.88. The Balaban J connectivity index is 2.18. The van der Waals surface area contributed by atoms with E-state index in [1.807, 2.05) is 0 Å². The number of anilines is 1. The van der Waals surface area contributed by atoms with Crippen LogP contribution in [-0.2, 0) is 6.54 Å². The van der Waals surface area contributed by atoms with Crippen molar-refractivity contribution in [2.75, 3.05) is 24.5 Å². The number of aromatic nitrogens is 1. The van der Waals surface area contributed by atoms with Crippen LogP contribution in [0, 0.1) is 19.8 Å². The highest BCUT2D eigenvalue weighted by Gasteiger charge is 2.18. The molecule has 106 valence electrons. The van der Waals surface area contributed by atoms with Crippen LogP contribution in [0.3, 0.4) is 0 Å². The van der Waals surface area contributed by atoms with Gasteiger partial charge in [-0.2, -0.15) is 0 Å². The fourth-order valence-electron chi connectivity index (χ4n) is 2.74. The van der Waals surface area contributed by atoms with E-state index >= 15 is 0 Å². The molecule has 0 aliphatic carbocycles. The van der Waals surface area contributed by atoms with Crippen LogP contribution in [0.5, 0.6) is 0 Å². The molecule has 3 heteroatoms. The topological polar surface area (TPSA) is 28.2 Å². The maximum Gasteiger partial charge on any atom is 0.133 e. The molecule has 19 heavy (non-hydrogen) atoms. The Morgan fingerprint density at radius 2 is 1.95 bits per heavy atom. The molecule has 1 aromatic rings. The predicted octanol–water partition coefficient (Wildman–Crippen LogP) is 3.04. The van der Waals surface area contributed by atoms with E-state index in [0.717, 1.165) is 31.9 Å². The number of pyridine rings is 1. The van der Waals surface area contributed by atoms with Crippen molar-refractivity contribution >= 4 is 5.82 Å². The van der Waals surface area contributed by atoms with Gasteiger partial charge in [0.1, 0.15) is 5.82 Å². The van der Waals surface area contributed by atoms with Crippen LogP contribution in [0.2, 0.25) is 0 Å². The monoisotopic (exact) mass is 261 g/mol. The Labute approximate surface area is 117 Å². The third-order valence-corrected chi connectivity index (χ3v) is 3.71. The number of nitrogens with one attached hydrogen (secondary N) is 1. The van der Waals surface area contributed by atoms with Gasteiger partial charge in [0.15, 0.2) is 0 Å². The third-order valence-electron chi connectivity index (χ3n) is 3.71. The number of rotatable bonds is 5. The average Bonchev–Trinajstić information content (AvgIpc) is 2.84. The fourth-order valence-corrected chi connectivity index (χ4v) is 2.74. The van der Waals surface area contributed by atoms with Crippen LogP contribution >= 0.6 is 0 Å². The zero-order valence-electron chi connectivity index (χ0n) is 12.8. The Morgan fingerprint density at radius 3 is 2.58 bits per heavy atom. The Hall–Kier alpha value is -1.09. The fraction of sp³-hybridized carbons (Fsp3) is 0.688. The lowest BCUT2D eigenvalue weighted by molar-refractivity contribution is 0.550. The molecule has 0 radical (unpaired) electrons. The van der Waals surface area contributed by atoms with E-state index in [0.29, 0.717) is 5.92 Å². The van der Waals surface area contributed by atoms with Gasteiger partial charge < -0.3 is 10.2 Å². The summed E-state index contributed by atoms with van der Waals surface area (Å²) in [6.45, 7) is 13.1. The molecule has 3 nitrogen and oxygen atoms in total. The van der Waals surface area contributed by atoms with Gasteiger partial charge in [-0.25, -0.2) is 4.98 Å². The maximum atomic E-state index is 4.80. The molecule has 0 aromatic carbocycles. The minimum Gasteiger partial charge on any atom is -0.356 e. The van der Waals surface area contributed by atoms with Gasteiger partial charge in [-0.3, -0.25) is 0 Å². The van der Waals surface area contributed by atoms with Crippen molar-refractivity contribution in [3.05, 3.63) is 22.9 Å². The minimum atomic E-state index is 0.689. The standard InChI is InChI=1S/C16H27N3/c1-12(2)10-17-11-15-13(3)9-14(4)18-16(15)19-7-5-6-8-19/h9,12,17H,5-8,10-11H2,1-4H3. The van der Waals surface area contributed by atoms with Crippen LogP contribution in [-0.4, -0.2) is 24.6 Å². The summed E-state index contributed by atoms with van der Waals surface area (Å²) in [6, 6.07) is 2.20. The molecule has 1 saturated heterocycles. The zero-order chi connectivity index (χ0) is 13.8. The highest BCUT2D eigenvalue weighted by Crippen LogP contribution is 2.25. The first-order valence-electron chi connectivity index (χ1n) is 7.50. The van der Waals surface area contributed by atoms with E-state index in [2.05, 4.69) is 44.0 Å². The van der Waals surface area contributed by atoms with Crippen molar-refractivity contribution in [1.29, 1.82) is 0 Å². The molecule has 1 aliphatic rings. The number of nitrogens with zero attached hydrogens (tertiary/aromatic N) is 2. The largest absolute Gasteiger partial charge is 0.356 e. The highest BCUT2D eigenvalue weighted by atomic mass is 15.2. The summed E-state index contributed by atoms with van der Waals surface area (Å²) in [7, 11) is 0. The van der Waals surface area contributed by atoms with Crippen LogP contribution in [0.15, 0.2) is 6.07 Å². The van der Waals surface area contributed by atoms with E-state index in [-0.39, 0.29) is 0 Å². The molecule has 2 rings (SSSR count). The van der Waals surface area contributed by atoms with Gasteiger partial charge in [-0.15, -0.1) is 0 Å². The molecule has 0 amide bonds. The van der Waals surface area contributed by atoms with Gasteiger partial charge in [0.2, 0.25) is 0 Å². The van der Waals surface area contributed by atoms with Crippen molar-refractivity contribution in [1.82, 2.24) is 10.3 Å². The Kier molecular flexibility index (Phi) is 4.81. The first-order valence-corrected chi connectivity index (χ1v) is 7.50.